The monoisotopic (exact) mass is 285 g/mol. The highest BCUT2D eigenvalue weighted by Gasteiger charge is 2.18. The number of nitrogens with one attached hydrogen (secondary N) is 1. The summed E-state index contributed by atoms with van der Waals surface area (Å²) in [5.74, 6) is 5.64. The highest BCUT2D eigenvalue weighted by molar-refractivity contribution is 7.09. The Morgan fingerprint density at radius 1 is 1.37 bits per heavy atom. The molecule has 3 N–H and O–H groups in total. The van der Waals surface area contributed by atoms with Gasteiger partial charge < -0.3 is 4.74 Å². The fraction of sp³-hybridized carbons (Fsp3) is 0.250. The number of hydrogen-bond acceptors (Lipinski definition) is 5. The van der Waals surface area contributed by atoms with E-state index in [1.54, 1.807) is 29.9 Å². The van der Waals surface area contributed by atoms with Gasteiger partial charge in [0.05, 0.1) is 11.6 Å². The van der Waals surface area contributed by atoms with Crippen LogP contribution in [0.25, 0.3) is 0 Å². The molecule has 0 saturated heterocycles. The van der Waals surface area contributed by atoms with Gasteiger partial charge >= 0.3 is 6.61 Å². The molecule has 0 fully saturated rings. The molecule has 1 heterocycles. The van der Waals surface area contributed by atoms with Gasteiger partial charge in [0.1, 0.15) is 5.75 Å². The summed E-state index contributed by atoms with van der Waals surface area (Å²) in [6.07, 6.45) is 2.29. The molecule has 0 aliphatic heterocycles. The minimum atomic E-state index is -2.86. The van der Waals surface area contributed by atoms with Gasteiger partial charge in [0, 0.05) is 23.1 Å². The lowest BCUT2D eigenvalue weighted by Crippen LogP contribution is -2.30. The number of rotatable bonds is 6. The van der Waals surface area contributed by atoms with E-state index in [1.807, 2.05) is 0 Å². The average Bonchev–Trinajstić information content (AvgIpc) is 2.89. The number of hydrogen-bond donors (Lipinski definition) is 2. The Hall–Kier alpha value is -1.57. The summed E-state index contributed by atoms with van der Waals surface area (Å²) in [4.78, 5) is 4.98. The number of alkyl halides is 2. The zero-order valence-corrected chi connectivity index (χ0v) is 10.7. The van der Waals surface area contributed by atoms with Gasteiger partial charge in [0.2, 0.25) is 0 Å². The number of benzene rings is 1. The zero-order valence-electron chi connectivity index (χ0n) is 9.92. The first kappa shape index (κ1) is 13.9. The lowest BCUT2D eigenvalue weighted by Gasteiger charge is -2.18. The number of hydrazine groups is 1. The molecule has 0 bridgehead atoms. The maximum atomic E-state index is 12.4. The first-order valence-electron chi connectivity index (χ1n) is 5.58. The number of thiazole rings is 1. The van der Waals surface area contributed by atoms with E-state index in [4.69, 9.17) is 5.84 Å². The predicted octanol–water partition coefficient (Wildman–Crippen LogP) is 2.49. The van der Waals surface area contributed by atoms with E-state index in [0.717, 1.165) is 4.88 Å². The number of nitrogens with two attached hydrogens (primary N) is 1. The molecule has 0 saturated carbocycles. The third kappa shape index (κ3) is 3.69. The number of aromatic nitrogens is 1. The van der Waals surface area contributed by atoms with Crippen molar-refractivity contribution in [1.82, 2.24) is 10.4 Å². The van der Waals surface area contributed by atoms with Crippen molar-refractivity contribution in [1.29, 1.82) is 0 Å². The van der Waals surface area contributed by atoms with Gasteiger partial charge in [0.15, 0.2) is 0 Å². The summed E-state index contributed by atoms with van der Waals surface area (Å²) < 4.78 is 29.2. The van der Waals surface area contributed by atoms with Crippen LogP contribution < -0.4 is 16.0 Å². The number of halogens is 2. The van der Waals surface area contributed by atoms with E-state index >= 15 is 0 Å². The minimum Gasteiger partial charge on any atom is -0.434 e. The molecule has 19 heavy (non-hydrogen) atoms. The van der Waals surface area contributed by atoms with Crippen LogP contribution in [0.5, 0.6) is 5.75 Å². The van der Waals surface area contributed by atoms with Crippen molar-refractivity contribution in [3.8, 4) is 5.75 Å². The topological polar surface area (TPSA) is 60.2 Å². The highest BCUT2D eigenvalue weighted by atomic mass is 32.1. The van der Waals surface area contributed by atoms with Crippen molar-refractivity contribution in [3.63, 3.8) is 0 Å². The smallest absolute Gasteiger partial charge is 0.387 e. The van der Waals surface area contributed by atoms with Crippen molar-refractivity contribution in [3.05, 3.63) is 46.4 Å². The number of para-hydroxylation sites is 1. The van der Waals surface area contributed by atoms with E-state index < -0.39 is 6.61 Å². The third-order valence-electron chi connectivity index (χ3n) is 2.60. The molecule has 1 aromatic heterocycles. The quantitative estimate of drug-likeness (QED) is 0.632. The van der Waals surface area contributed by atoms with Crippen molar-refractivity contribution >= 4 is 11.3 Å². The molecule has 0 amide bonds. The van der Waals surface area contributed by atoms with Gasteiger partial charge in [-0.3, -0.25) is 16.3 Å². The van der Waals surface area contributed by atoms with Crippen LogP contribution in [0.15, 0.2) is 36.0 Å². The van der Waals surface area contributed by atoms with Crippen LogP contribution in [0.4, 0.5) is 8.78 Å². The molecule has 102 valence electrons. The van der Waals surface area contributed by atoms with E-state index in [2.05, 4.69) is 15.1 Å². The van der Waals surface area contributed by atoms with Gasteiger partial charge in [-0.1, -0.05) is 18.2 Å². The Bertz CT molecular complexity index is 507. The van der Waals surface area contributed by atoms with E-state index in [9.17, 15) is 8.78 Å². The third-order valence-corrected chi connectivity index (χ3v) is 3.40. The van der Waals surface area contributed by atoms with E-state index in [1.165, 1.54) is 17.4 Å². The second-order valence-corrected chi connectivity index (χ2v) is 4.78. The van der Waals surface area contributed by atoms with Gasteiger partial charge in [-0.15, -0.1) is 11.3 Å². The lowest BCUT2D eigenvalue weighted by molar-refractivity contribution is -0.0507. The molecule has 1 unspecified atom stereocenters. The number of ether oxygens (including phenoxy) is 1. The molecule has 2 aromatic rings. The van der Waals surface area contributed by atoms with Gasteiger partial charge in [-0.2, -0.15) is 8.78 Å². The predicted molar refractivity (Wildman–Crippen MR) is 69.0 cm³/mol. The molecule has 0 aliphatic carbocycles. The van der Waals surface area contributed by atoms with Gasteiger partial charge in [-0.25, -0.2) is 0 Å². The summed E-state index contributed by atoms with van der Waals surface area (Å²) >= 11 is 1.49. The van der Waals surface area contributed by atoms with Crippen LogP contribution in [0.2, 0.25) is 0 Å². The summed E-state index contributed by atoms with van der Waals surface area (Å²) in [5.41, 5.74) is 4.93. The Morgan fingerprint density at radius 2 is 2.16 bits per heavy atom. The standard InChI is InChI=1S/C12H13F2N3OS/c13-12(14)18-11-4-2-1-3-9(11)10(17-15)5-8-6-16-7-19-8/h1-4,6-7,10,12,17H,5,15H2. The Morgan fingerprint density at radius 3 is 2.79 bits per heavy atom. The number of nitrogens with zero attached hydrogens (tertiary/aromatic N) is 1. The second kappa shape index (κ2) is 6.55. The Kier molecular flexibility index (Phi) is 4.78. The van der Waals surface area contributed by atoms with Gasteiger partial charge in [-0.05, 0) is 6.07 Å². The summed E-state index contributed by atoms with van der Waals surface area (Å²) in [7, 11) is 0. The summed E-state index contributed by atoms with van der Waals surface area (Å²) in [6.45, 7) is -2.86. The maximum absolute atomic E-state index is 12.4. The van der Waals surface area contributed by atoms with Crippen LogP contribution in [0, 0.1) is 0 Å². The fourth-order valence-electron chi connectivity index (χ4n) is 1.77. The van der Waals surface area contributed by atoms with Crippen LogP contribution in [-0.4, -0.2) is 11.6 Å². The van der Waals surface area contributed by atoms with E-state index in [0.29, 0.717) is 12.0 Å². The van der Waals surface area contributed by atoms with Crippen LogP contribution >= 0.6 is 11.3 Å². The van der Waals surface area contributed by atoms with Crippen LogP contribution in [0.1, 0.15) is 16.5 Å². The van der Waals surface area contributed by atoms with Crippen molar-refractivity contribution in [2.24, 2.45) is 5.84 Å². The second-order valence-electron chi connectivity index (χ2n) is 3.81. The molecule has 0 radical (unpaired) electrons. The van der Waals surface area contributed by atoms with Crippen LogP contribution in [0.3, 0.4) is 0 Å². The molecule has 2 rings (SSSR count). The minimum absolute atomic E-state index is 0.130. The van der Waals surface area contributed by atoms with Gasteiger partial charge in [0.25, 0.3) is 0 Å². The van der Waals surface area contributed by atoms with E-state index in [-0.39, 0.29) is 11.8 Å². The Balaban J connectivity index is 2.22. The Labute approximate surface area is 113 Å². The highest BCUT2D eigenvalue weighted by Crippen LogP contribution is 2.29. The lowest BCUT2D eigenvalue weighted by atomic mass is 10.0. The molecule has 0 aliphatic rings. The first-order valence-corrected chi connectivity index (χ1v) is 6.46. The molecular formula is C12H13F2N3OS. The van der Waals surface area contributed by atoms with Crippen molar-refractivity contribution in [2.45, 2.75) is 19.1 Å². The summed E-state index contributed by atoms with van der Waals surface area (Å²) in [5, 5.41) is 0. The van der Waals surface area contributed by atoms with Crippen molar-refractivity contribution < 1.29 is 13.5 Å². The fourth-order valence-corrected chi connectivity index (χ4v) is 2.42. The van der Waals surface area contributed by atoms with Crippen molar-refractivity contribution in [2.75, 3.05) is 0 Å². The molecule has 0 spiro atoms. The zero-order chi connectivity index (χ0) is 13.7. The first-order chi connectivity index (χ1) is 9.20. The summed E-state index contributed by atoms with van der Waals surface area (Å²) in [6, 6.07) is 6.30. The largest absolute Gasteiger partial charge is 0.434 e. The average molecular weight is 285 g/mol. The molecular weight excluding hydrogens is 272 g/mol. The molecule has 4 nitrogen and oxygen atoms in total. The normalized spacial score (nSPS) is 12.6. The molecule has 1 atom stereocenters. The van der Waals surface area contributed by atoms with Crippen LogP contribution in [-0.2, 0) is 6.42 Å². The molecule has 1 aromatic carbocycles. The SMILES string of the molecule is NNC(Cc1cncs1)c1ccccc1OC(F)F. The maximum Gasteiger partial charge on any atom is 0.387 e. The molecule has 7 heteroatoms.